The number of nitrogens with zero attached hydrogens (tertiary/aromatic N) is 2. The summed E-state index contributed by atoms with van der Waals surface area (Å²) in [6, 6.07) is 0. The molecule has 74 valence electrons. The molecule has 0 atom stereocenters. The van der Waals surface area contributed by atoms with E-state index in [2.05, 4.69) is 4.99 Å². The van der Waals surface area contributed by atoms with E-state index < -0.39 is 0 Å². The summed E-state index contributed by atoms with van der Waals surface area (Å²) in [5.41, 5.74) is 0. The van der Waals surface area contributed by atoms with Crippen LogP contribution >= 0.6 is 11.8 Å². The maximum atomic E-state index is 11.3. The fourth-order valence-corrected chi connectivity index (χ4v) is 1.81. The Morgan fingerprint density at radius 2 is 2.46 bits per heavy atom. The average Bonchev–Trinajstić information content (AvgIpc) is 2.54. The monoisotopic (exact) mass is 202 g/mol. The van der Waals surface area contributed by atoms with E-state index in [0.717, 1.165) is 10.9 Å². The highest BCUT2D eigenvalue weighted by Crippen LogP contribution is 2.14. The lowest BCUT2D eigenvalue weighted by atomic mass is 10.6. The molecule has 0 saturated carbocycles. The Labute approximate surface area is 82.3 Å². The summed E-state index contributed by atoms with van der Waals surface area (Å²) < 4.78 is 4.90. The lowest BCUT2D eigenvalue weighted by Gasteiger charge is -2.15. The van der Waals surface area contributed by atoms with Crippen molar-refractivity contribution in [2.45, 2.75) is 13.8 Å². The van der Waals surface area contributed by atoms with Gasteiger partial charge in [-0.1, -0.05) is 18.7 Å². The van der Waals surface area contributed by atoms with Gasteiger partial charge < -0.3 is 4.74 Å². The molecule has 5 heteroatoms. The molecule has 13 heavy (non-hydrogen) atoms. The highest BCUT2D eigenvalue weighted by atomic mass is 32.2. The molecule has 0 bridgehead atoms. The van der Waals surface area contributed by atoms with Crippen LogP contribution in [0.1, 0.15) is 13.8 Å². The molecule has 1 aliphatic rings. The first-order chi connectivity index (χ1) is 6.29. The van der Waals surface area contributed by atoms with Gasteiger partial charge in [0.2, 0.25) is 0 Å². The molecule has 1 heterocycles. The number of aliphatic imine (C=N–C) groups is 1. The Bertz CT molecular complexity index is 218. The van der Waals surface area contributed by atoms with E-state index >= 15 is 0 Å². The van der Waals surface area contributed by atoms with E-state index in [9.17, 15) is 4.79 Å². The van der Waals surface area contributed by atoms with Crippen molar-refractivity contribution >= 4 is 23.0 Å². The second-order valence-electron chi connectivity index (χ2n) is 2.45. The van der Waals surface area contributed by atoms with Gasteiger partial charge in [-0.05, 0) is 12.7 Å². The van der Waals surface area contributed by atoms with Crippen molar-refractivity contribution in [3.8, 4) is 0 Å². The van der Waals surface area contributed by atoms with Crippen LogP contribution in [-0.2, 0) is 4.74 Å². The predicted molar refractivity (Wildman–Crippen MR) is 54.2 cm³/mol. The second-order valence-corrected chi connectivity index (χ2v) is 3.68. The van der Waals surface area contributed by atoms with E-state index in [-0.39, 0.29) is 6.09 Å². The smallest absolute Gasteiger partial charge is 0.415 e. The number of amidine groups is 1. The molecule has 1 aliphatic heterocycles. The first-order valence-corrected chi connectivity index (χ1v) is 5.39. The van der Waals surface area contributed by atoms with Crippen LogP contribution in [0, 0.1) is 0 Å². The van der Waals surface area contributed by atoms with Crippen molar-refractivity contribution in [3.05, 3.63) is 0 Å². The Morgan fingerprint density at radius 1 is 1.69 bits per heavy atom. The molecule has 4 nitrogen and oxygen atoms in total. The van der Waals surface area contributed by atoms with Gasteiger partial charge in [0.15, 0.2) is 5.17 Å². The van der Waals surface area contributed by atoms with Crippen LogP contribution in [0.25, 0.3) is 0 Å². The van der Waals surface area contributed by atoms with Gasteiger partial charge in [0.1, 0.15) is 0 Å². The fourth-order valence-electron chi connectivity index (χ4n) is 1.05. The molecule has 0 unspecified atom stereocenters. The first kappa shape index (κ1) is 10.4. The van der Waals surface area contributed by atoms with Crippen LogP contribution in [0.2, 0.25) is 0 Å². The minimum absolute atomic E-state index is 0.278. The highest BCUT2D eigenvalue weighted by molar-refractivity contribution is 8.13. The summed E-state index contributed by atoms with van der Waals surface area (Å²) in [7, 11) is 0. The van der Waals surface area contributed by atoms with E-state index in [1.165, 1.54) is 0 Å². The molecule has 1 amide bonds. The quantitative estimate of drug-likeness (QED) is 0.682. The fraction of sp³-hybridized carbons (Fsp3) is 0.750. The topological polar surface area (TPSA) is 41.9 Å². The van der Waals surface area contributed by atoms with Crippen LogP contribution in [0.4, 0.5) is 4.79 Å². The molecular weight excluding hydrogens is 188 g/mol. The van der Waals surface area contributed by atoms with Crippen LogP contribution in [-0.4, -0.2) is 41.6 Å². The highest BCUT2D eigenvalue weighted by Gasteiger charge is 2.24. The van der Waals surface area contributed by atoms with Crippen molar-refractivity contribution in [1.29, 1.82) is 0 Å². The van der Waals surface area contributed by atoms with Gasteiger partial charge in [-0.15, -0.1) is 0 Å². The van der Waals surface area contributed by atoms with Crippen LogP contribution in [0.5, 0.6) is 0 Å². The Balaban J connectivity index is 2.50. The lowest BCUT2D eigenvalue weighted by molar-refractivity contribution is 0.131. The van der Waals surface area contributed by atoms with Crippen LogP contribution in [0.15, 0.2) is 4.99 Å². The Kier molecular flexibility index (Phi) is 4.08. The normalized spacial score (nSPS) is 15.8. The molecule has 1 rings (SSSR count). The first-order valence-electron chi connectivity index (χ1n) is 4.41. The minimum Gasteiger partial charge on any atom is -0.449 e. The standard InChI is InChI=1S/C8H14N2O2S/c1-3-12-8(11)10-6-5-9-7(10)13-4-2/h3-6H2,1-2H3. The zero-order valence-corrected chi connectivity index (χ0v) is 8.76. The number of thioether (sulfide) groups is 1. The summed E-state index contributed by atoms with van der Waals surface area (Å²) >= 11 is 1.58. The summed E-state index contributed by atoms with van der Waals surface area (Å²) in [6.45, 7) is 5.61. The molecule has 0 aromatic carbocycles. The third-order valence-electron chi connectivity index (χ3n) is 1.56. The third kappa shape index (κ3) is 2.62. The summed E-state index contributed by atoms with van der Waals surface area (Å²) in [4.78, 5) is 17.1. The van der Waals surface area contributed by atoms with Gasteiger partial charge in [-0.3, -0.25) is 9.89 Å². The Morgan fingerprint density at radius 3 is 3.08 bits per heavy atom. The average molecular weight is 202 g/mol. The van der Waals surface area contributed by atoms with Crippen LogP contribution in [0.3, 0.4) is 0 Å². The molecular formula is C8H14N2O2S. The molecule has 0 saturated heterocycles. The number of ether oxygens (including phenoxy) is 1. The number of rotatable bonds is 2. The number of hydrogen-bond donors (Lipinski definition) is 0. The van der Waals surface area contributed by atoms with E-state index in [4.69, 9.17) is 4.74 Å². The maximum Gasteiger partial charge on any atom is 0.415 e. The van der Waals surface area contributed by atoms with Crippen molar-refractivity contribution < 1.29 is 9.53 Å². The molecule has 0 aliphatic carbocycles. The SMILES string of the molecule is CCOC(=O)N1CCN=C1SCC. The zero-order valence-electron chi connectivity index (χ0n) is 7.95. The summed E-state index contributed by atoms with van der Waals surface area (Å²) in [5.74, 6) is 0.925. The largest absolute Gasteiger partial charge is 0.449 e. The molecule has 0 aromatic heterocycles. The van der Waals surface area contributed by atoms with E-state index in [1.54, 1.807) is 23.6 Å². The summed E-state index contributed by atoms with van der Waals surface area (Å²) in [6.07, 6.45) is -0.278. The molecule has 0 spiro atoms. The number of carbonyl (C=O) groups is 1. The van der Waals surface area contributed by atoms with Crippen molar-refractivity contribution in [2.75, 3.05) is 25.4 Å². The van der Waals surface area contributed by atoms with Gasteiger partial charge in [-0.2, -0.15) is 0 Å². The third-order valence-corrected chi connectivity index (χ3v) is 2.46. The molecule has 0 fully saturated rings. The second kappa shape index (κ2) is 5.11. The van der Waals surface area contributed by atoms with Crippen molar-refractivity contribution in [3.63, 3.8) is 0 Å². The van der Waals surface area contributed by atoms with Crippen LogP contribution < -0.4 is 0 Å². The van der Waals surface area contributed by atoms with E-state index in [1.807, 2.05) is 6.92 Å². The molecule has 0 aromatic rings. The maximum absolute atomic E-state index is 11.3. The van der Waals surface area contributed by atoms with Gasteiger partial charge in [0, 0.05) is 0 Å². The molecule has 0 N–H and O–H groups in total. The van der Waals surface area contributed by atoms with Gasteiger partial charge in [0.05, 0.1) is 19.7 Å². The zero-order chi connectivity index (χ0) is 9.68. The van der Waals surface area contributed by atoms with E-state index in [0.29, 0.717) is 19.7 Å². The number of hydrogen-bond acceptors (Lipinski definition) is 4. The lowest BCUT2D eigenvalue weighted by Crippen LogP contribution is -2.33. The van der Waals surface area contributed by atoms with Crippen molar-refractivity contribution in [2.24, 2.45) is 4.99 Å². The van der Waals surface area contributed by atoms with Gasteiger partial charge in [-0.25, -0.2) is 4.79 Å². The van der Waals surface area contributed by atoms with Crippen molar-refractivity contribution in [1.82, 2.24) is 4.90 Å². The predicted octanol–water partition coefficient (Wildman–Crippen LogP) is 1.57. The molecule has 0 radical (unpaired) electrons. The Hall–Kier alpha value is -0.710. The number of amides is 1. The summed E-state index contributed by atoms with van der Waals surface area (Å²) in [5, 5.41) is 0.793. The number of carbonyl (C=O) groups excluding carboxylic acids is 1. The minimum atomic E-state index is -0.278. The van der Waals surface area contributed by atoms with Gasteiger partial charge in [0.25, 0.3) is 0 Å². The van der Waals surface area contributed by atoms with Gasteiger partial charge >= 0.3 is 6.09 Å².